The Morgan fingerprint density at radius 3 is 1.94 bits per heavy atom. The van der Waals surface area contributed by atoms with Crippen LogP contribution in [0.3, 0.4) is 0 Å². The predicted molar refractivity (Wildman–Crippen MR) is 65.9 cm³/mol. The first kappa shape index (κ1) is 10.7. The Morgan fingerprint density at radius 2 is 1.44 bits per heavy atom. The highest BCUT2D eigenvalue weighted by atomic mass is 16.5. The highest BCUT2D eigenvalue weighted by Crippen LogP contribution is 2.44. The minimum absolute atomic E-state index is 0.198. The molecule has 0 N–H and O–H groups in total. The molecule has 0 aromatic heterocycles. The van der Waals surface area contributed by atoms with Gasteiger partial charge in [-0.2, -0.15) is 0 Å². The number of ether oxygens (including phenoxy) is 1. The second-order valence-corrected chi connectivity index (χ2v) is 4.11. The van der Waals surface area contributed by atoms with Gasteiger partial charge in [0.15, 0.2) is 6.10 Å². The maximum Gasteiger partial charge on any atom is 0.372 e. The molecule has 1 aliphatic rings. The zero-order valence-corrected chi connectivity index (χ0v) is 9.50. The van der Waals surface area contributed by atoms with Gasteiger partial charge in [0, 0.05) is 11.1 Å². The van der Waals surface area contributed by atoms with Crippen LogP contribution in [0.4, 0.5) is 0 Å². The van der Waals surface area contributed by atoms with E-state index in [1.165, 1.54) is 0 Å². The highest BCUT2D eigenvalue weighted by Gasteiger charge is 2.30. The fraction of sp³-hybridized carbons (Fsp3) is 0.0667. The fourth-order valence-corrected chi connectivity index (χ4v) is 2.38. The van der Waals surface area contributed by atoms with Crippen molar-refractivity contribution in [3.63, 3.8) is 0 Å². The summed E-state index contributed by atoms with van der Waals surface area (Å²) in [5.74, 6) is -0.841. The molecule has 1 aliphatic carbocycles. The van der Waals surface area contributed by atoms with Crippen LogP contribution in [0.2, 0.25) is 0 Å². The molecule has 0 amide bonds. The third-order valence-corrected chi connectivity index (χ3v) is 3.11. The third kappa shape index (κ3) is 1.52. The molecule has 3 nitrogen and oxygen atoms in total. The van der Waals surface area contributed by atoms with Crippen molar-refractivity contribution in [2.75, 3.05) is 0 Å². The summed E-state index contributed by atoms with van der Waals surface area (Å²) in [7, 11) is 0. The summed E-state index contributed by atoms with van der Waals surface area (Å²) in [5.41, 5.74) is 3.95. The SMILES string of the molecule is O=CC(=O)OC1c2ccccc2-c2ccccc21. The topological polar surface area (TPSA) is 43.4 Å². The molecule has 2 aromatic rings. The van der Waals surface area contributed by atoms with Crippen LogP contribution in [-0.2, 0) is 14.3 Å². The van der Waals surface area contributed by atoms with E-state index >= 15 is 0 Å². The molecule has 0 bridgehead atoms. The smallest absolute Gasteiger partial charge is 0.372 e. The van der Waals surface area contributed by atoms with Crippen LogP contribution >= 0.6 is 0 Å². The molecule has 0 aliphatic heterocycles. The van der Waals surface area contributed by atoms with Crippen molar-refractivity contribution in [2.45, 2.75) is 6.10 Å². The summed E-state index contributed by atoms with van der Waals surface area (Å²) >= 11 is 0. The fourth-order valence-electron chi connectivity index (χ4n) is 2.38. The van der Waals surface area contributed by atoms with Crippen LogP contribution in [0.1, 0.15) is 17.2 Å². The highest BCUT2D eigenvalue weighted by molar-refractivity contribution is 6.20. The molecule has 0 saturated heterocycles. The lowest BCUT2D eigenvalue weighted by molar-refractivity contribution is -0.151. The zero-order chi connectivity index (χ0) is 12.5. The van der Waals surface area contributed by atoms with Gasteiger partial charge in [-0.1, -0.05) is 48.5 Å². The van der Waals surface area contributed by atoms with Gasteiger partial charge >= 0.3 is 5.97 Å². The van der Waals surface area contributed by atoms with E-state index in [-0.39, 0.29) is 6.29 Å². The number of rotatable bonds is 2. The standard InChI is InChI=1S/C15H10O3/c16-9-14(17)18-15-12-7-3-1-5-10(12)11-6-2-4-8-13(11)15/h1-9,15H. The Labute approximate surface area is 104 Å². The average molecular weight is 238 g/mol. The average Bonchev–Trinajstić information content (AvgIpc) is 2.74. The lowest BCUT2D eigenvalue weighted by atomic mass is 10.1. The molecule has 3 heteroatoms. The van der Waals surface area contributed by atoms with E-state index in [0.717, 1.165) is 22.3 Å². The number of fused-ring (bicyclic) bond motifs is 3. The number of carbonyl (C=O) groups is 2. The van der Waals surface area contributed by atoms with Crippen molar-refractivity contribution in [1.29, 1.82) is 0 Å². The molecular formula is C15H10O3. The summed E-state index contributed by atoms with van der Waals surface area (Å²) in [6.45, 7) is 0. The van der Waals surface area contributed by atoms with E-state index in [4.69, 9.17) is 4.74 Å². The van der Waals surface area contributed by atoms with Crippen molar-refractivity contribution in [2.24, 2.45) is 0 Å². The second kappa shape index (κ2) is 4.11. The number of hydrogen-bond acceptors (Lipinski definition) is 3. The number of hydrogen-bond donors (Lipinski definition) is 0. The molecule has 0 spiro atoms. The van der Waals surface area contributed by atoms with E-state index in [1.54, 1.807) is 0 Å². The van der Waals surface area contributed by atoms with Gasteiger partial charge in [-0.15, -0.1) is 0 Å². The largest absolute Gasteiger partial charge is 0.447 e. The first-order chi connectivity index (χ1) is 8.81. The second-order valence-electron chi connectivity index (χ2n) is 4.11. The van der Waals surface area contributed by atoms with Crippen LogP contribution in [0.5, 0.6) is 0 Å². The van der Waals surface area contributed by atoms with Crippen LogP contribution in [0, 0.1) is 0 Å². The van der Waals surface area contributed by atoms with Crippen LogP contribution < -0.4 is 0 Å². The Kier molecular flexibility index (Phi) is 2.45. The Hall–Kier alpha value is -2.42. The van der Waals surface area contributed by atoms with Gasteiger partial charge in [-0.3, -0.25) is 4.79 Å². The molecule has 88 valence electrons. The molecule has 0 fully saturated rings. The van der Waals surface area contributed by atoms with Crippen LogP contribution in [0.15, 0.2) is 48.5 Å². The zero-order valence-electron chi connectivity index (χ0n) is 9.50. The lowest BCUT2D eigenvalue weighted by Gasteiger charge is -2.12. The van der Waals surface area contributed by atoms with Gasteiger partial charge in [-0.05, 0) is 11.1 Å². The molecule has 0 atom stereocenters. The lowest BCUT2D eigenvalue weighted by Crippen LogP contribution is -2.11. The maximum absolute atomic E-state index is 11.2. The predicted octanol–water partition coefficient (Wildman–Crippen LogP) is 2.50. The van der Waals surface area contributed by atoms with Crippen molar-refractivity contribution < 1.29 is 14.3 Å². The molecule has 0 heterocycles. The van der Waals surface area contributed by atoms with Gasteiger partial charge in [0.2, 0.25) is 6.29 Å². The molecule has 18 heavy (non-hydrogen) atoms. The van der Waals surface area contributed by atoms with Crippen LogP contribution in [0.25, 0.3) is 11.1 Å². The third-order valence-electron chi connectivity index (χ3n) is 3.11. The molecule has 0 saturated carbocycles. The number of aldehydes is 1. The molecule has 0 unspecified atom stereocenters. The quantitative estimate of drug-likeness (QED) is 0.458. The Morgan fingerprint density at radius 1 is 0.944 bits per heavy atom. The van der Waals surface area contributed by atoms with Gasteiger partial charge < -0.3 is 4.74 Å². The van der Waals surface area contributed by atoms with Crippen LogP contribution in [-0.4, -0.2) is 12.3 Å². The van der Waals surface area contributed by atoms with E-state index < -0.39 is 12.1 Å². The first-order valence-corrected chi connectivity index (χ1v) is 5.65. The van der Waals surface area contributed by atoms with E-state index in [1.807, 2.05) is 48.5 Å². The number of esters is 1. The van der Waals surface area contributed by atoms with E-state index in [2.05, 4.69) is 0 Å². The van der Waals surface area contributed by atoms with E-state index in [9.17, 15) is 9.59 Å². The van der Waals surface area contributed by atoms with Gasteiger partial charge in [0.05, 0.1) is 0 Å². The first-order valence-electron chi connectivity index (χ1n) is 5.65. The van der Waals surface area contributed by atoms with Crippen molar-refractivity contribution >= 4 is 12.3 Å². The van der Waals surface area contributed by atoms with Crippen molar-refractivity contribution in [3.8, 4) is 11.1 Å². The molecule has 2 aromatic carbocycles. The van der Waals surface area contributed by atoms with Gasteiger partial charge in [-0.25, -0.2) is 4.79 Å². The minimum Gasteiger partial charge on any atom is -0.447 e. The van der Waals surface area contributed by atoms with Crippen molar-refractivity contribution in [3.05, 3.63) is 59.7 Å². The van der Waals surface area contributed by atoms with Gasteiger partial charge in [0.1, 0.15) is 0 Å². The number of benzene rings is 2. The summed E-state index contributed by atoms with van der Waals surface area (Å²) in [5, 5.41) is 0. The summed E-state index contributed by atoms with van der Waals surface area (Å²) in [6, 6.07) is 15.5. The monoisotopic (exact) mass is 238 g/mol. The molecule has 3 rings (SSSR count). The normalized spacial score (nSPS) is 12.7. The Balaban J connectivity index is 2.14. The summed E-state index contributed by atoms with van der Waals surface area (Å²) < 4.78 is 5.21. The van der Waals surface area contributed by atoms with Crippen molar-refractivity contribution in [1.82, 2.24) is 0 Å². The summed E-state index contributed by atoms with van der Waals surface area (Å²) in [4.78, 5) is 21.6. The number of carbonyl (C=O) groups excluding carboxylic acids is 2. The molecular weight excluding hydrogens is 228 g/mol. The Bertz CT molecular complexity index is 586. The maximum atomic E-state index is 11.2. The van der Waals surface area contributed by atoms with E-state index in [0.29, 0.717) is 0 Å². The minimum atomic E-state index is -0.841. The molecule has 0 radical (unpaired) electrons. The summed E-state index contributed by atoms with van der Waals surface area (Å²) in [6.07, 6.45) is -0.279. The van der Waals surface area contributed by atoms with Gasteiger partial charge in [0.25, 0.3) is 0 Å².